The first kappa shape index (κ1) is 61.2. The highest BCUT2D eigenvalue weighted by Crippen LogP contribution is 2.31. The van der Waals surface area contributed by atoms with E-state index in [1.807, 2.05) is 76.2 Å². The lowest BCUT2D eigenvalue weighted by Gasteiger charge is -2.17. The van der Waals surface area contributed by atoms with Crippen LogP contribution < -0.4 is 0 Å². The number of hydrogen-bond acceptors (Lipinski definition) is 6. The maximum atomic E-state index is 11.3. The molecule has 346 valence electrons. The van der Waals surface area contributed by atoms with Crippen LogP contribution in [0.4, 0.5) is 0 Å². The molecule has 60 heavy (non-hydrogen) atoms. The number of ketones is 2. The van der Waals surface area contributed by atoms with Crippen LogP contribution in [-0.4, -0.2) is 36.4 Å². The fourth-order valence-corrected chi connectivity index (χ4v) is 5.87. The normalized spacial score (nSPS) is 12.5. The number of hydrogen-bond donors (Lipinski definition) is 1. The number of carbonyl (C=O) groups is 3. The van der Waals surface area contributed by atoms with Gasteiger partial charge in [-0.05, 0) is 73.1 Å². The van der Waals surface area contributed by atoms with E-state index in [0.29, 0.717) is 40.8 Å². The lowest BCUT2D eigenvalue weighted by atomic mass is 9.87. The number of cyclic esters (lactones) is 1. The molecule has 0 saturated carbocycles. The summed E-state index contributed by atoms with van der Waals surface area (Å²) in [5.41, 5.74) is 3.66. The average molecular weight is 839 g/mol. The predicted molar refractivity (Wildman–Crippen MR) is 259 cm³/mol. The van der Waals surface area contributed by atoms with E-state index in [0.717, 1.165) is 30.1 Å². The molecular formula is C54H94O6. The molecule has 0 aromatic heterocycles. The van der Waals surface area contributed by atoms with Gasteiger partial charge in [0.05, 0.1) is 11.7 Å². The molecule has 0 aliphatic carbocycles. The fraction of sp³-hybridized carbons (Fsp3) is 0.685. The minimum Gasteiger partial charge on any atom is -0.423 e. The zero-order valence-corrected chi connectivity index (χ0v) is 41.9. The van der Waals surface area contributed by atoms with E-state index in [2.05, 4.69) is 75.8 Å². The van der Waals surface area contributed by atoms with Crippen LogP contribution in [0, 0.1) is 35.5 Å². The number of Topliss-reactive ketones (excluding diaryl/α,β-unsaturated/α-hetero) is 2. The molecule has 2 aromatic rings. The molecular weight excluding hydrogens is 745 g/mol. The molecule has 6 heteroatoms. The minimum absolute atomic E-state index is 0.213. The van der Waals surface area contributed by atoms with Gasteiger partial charge in [-0.2, -0.15) is 0 Å². The smallest absolute Gasteiger partial charge is 0.344 e. The molecule has 0 radical (unpaired) electrons. The Balaban J connectivity index is -0.000000668. The maximum absolute atomic E-state index is 11.3. The third-order valence-corrected chi connectivity index (χ3v) is 10.1. The summed E-state index contributed by atoms with van der Waals surface area (Å²) in [5.74, 6) is 4.15. The van der Waals surface area contributed by atoms with Crippen molar-refractivity contribution in [2.45, 2.75) is 193 Å². The second kappa shape index (κ2) is 37.7. The second-order valence-electron chi connectivity index (χ2n) is 18.4. The van der Waals surface area contributed by atoms with Crippen molar-refractivity contribution in [3.05, 3.63) is 77.4 Å². The number of aliphatic hydroxyl groups is 1. The summed E-state index contributed by atoms with van der Waals surface area (Å²) in [7, 11) is 1.72. The van der Waals surface area contributed by atoms with Gasteiger partial charge in [0, 0.05) is 31.1 Å². The molecule has 2 aromatic carbocycles. The van der Waals surface area contributed by atoms with Gasteiger partial charge >= 0.3 is 5.97 Å². The number of rotatable bonds is 19. The molecule has 1 aliphatic heterocycles. The number of fused-ring (bicyclic) bond motifs is 1. The molecule has 0 spiro atoms. The summed E-state index contributed by atoms with van der Waals surface area (Å²) < 4.78 is 9.74. The van der Waals surface area contributed by atoms with Gasteiger partial charge in [-0.15, -0.1) is 0 Å². The molecule has 1 aliphatic rings. The fourth-order valence-electron chi connectivity index (χ4n) is 5.87. The van der Waals surface area contributed by atoms with E-state index in [1.165, 1.54) is 69.8 Å². The number of carbonyl (C=O) groups excluding carboxylic acids is 3. The second-order valence-corrected chi connectivity index (χ2v) is 18.4. The third-order valence-electron chi connectivity index (χ3n) is 10.1. The molecule has 1 heterocycles. The number of aliphatic hydroxyl groups excluding tert-OH is 1. The lowest BCUT2D eigenvalue weighted by molar-refractivity contribution is -0.122. The topological polar surface area (TPSA) is 89.9 Å². The van der Waals surface area contributed by atoms with Gasteiger partial charge in [-0.25, -0.2) is 4.79 Å². The first-order chi connectivity index (χ1) is 28.1. The first-order valence-corrected chi connectivity index (χ1v) is 23.4. The monoisotopic (exact) mass is 839 g/mol. The maximum Gasteiger partial charge on any atom is 0.344 e. The van der Waals surface area contributed by atoms with Gasteiger partial charge < -0.3 is 14.6 Å². The van der Waals surface area contributed by atoms with E-state index in [4.69, 9.17) is 9.47 Å². The molecule has 0 saturated heterocycles. The lowest BCUT2D eigenvalue weighted by Crippen LogP contribution is -2.17. The Hall–Kier alpha value is -3.09. The number of esters is 1. The summed E-state index contributed by atoms with van der Waals surface area (Å²) in [6.07, 6.45) is 14.4. The highest BCUT2D eigenvalue weighted by atomic mass is 16.5. The van der Waals surface area contributed by atoms with Gasteiger partial charge in [0.2, 0.25) is 0 Å². The van der Waals surface area contributed by atoms with Crippen LogP contribution in [-0.2, 0) is 19.1 Å². The SMILES string of the molecule is C=C1OC(=O)c2ccc(C(C)C)cc21.CC(=O)C(C)C.CC(C)C(O)c1ccccc1.CCCCCCC(C(C)=O)C(C)C.CCCCCCCC(C)C.COCC(C)C. The highest BCUT2D eigenvalue weighted by Gasteiger charge is 2.25. The Labute approximate surface area is 371 Å². The van der Waals surface area contributed by atoms with Crippen molar-refractivity contribution in [2.24, 2.45) is 35.5 Å². The molecule has 2 atom stereocenters. The first-order valence-electron chi connectivity index (χ1n) is 23.4. The quantitative estimate of drug-likeness (QED) is 0.112. The van der Waals surface area contributed by atoms with Crippen molar-refractivity contribution >= 4 is 23.3 Å². The van der Waals surface area contributed by atoms with E-state index in [-0.39, 0.29) is 29.7 Å². The molecule has 0 amide bonds. The number of methoxy groups -OCH3 is 1. The molecule has 6 nitrogen and oxygen atoms in total. The van der Waals surface area contributed by atoms with Crippen LogP contribution in [0.1, 0.15) is 220 Å². The van der Waals surface area contributed by atoms with Gasteiger partial charge in [0.15, 0.2) is 0 Å². The Morgan fingerprint density at radius 2 is 1.15 bits per heavy atom. The predicted octanol–water partition coefficient (Wildman–Crippen LogP) is 15.7. The summed E-state index contributed by atoms with van der Waals surface area (Å²) in [4.78, 5) is 32.7. The molecule has 0 bridgehead atoms. The highest BCUT2D eigenvalue weighted by molar-refractivity contribution is 6.02. The van der Waals surface area contributed by atoms with Gasteiger partial charge in [-0.1, -0.05) is 204 Å². The number of ether oxygens (including phenoxy) is 2. The summed E-state index contributed by atoms with van der Waals surface area (Å²) in [6.45, 7) is 37.6. The average Bonchev–Trinajstić information content (AvgIpc) is 3.47. The van der Waals surface area contributed by atoms with Crippen molar-refractivity contribution in [1.82, 2.24) is 0 Å². The van der Waals surface area contributed by atoms with Crippen LogP contribution in [0.3, 0.4) is 0 Å². The van der Waals surface area contributed by atoms with Crippen molar-refractivity contribution in [3.8, 4) is 0 Å². The third kappa shape index (κ3) is 32.7. The van der Waals surface area contributed by atoms with Crippen molar-refractivity contribution in [1.29, 1.82) is 0 Å². The number of benzene rings is 2. The zero-order valence-electron chi connectivity index (χ0n) is 41.9. The van der Waals surface area contributed by atoms with Crippen molar-refractivity contribution in [3.63, 3.8) is 0 Å². The zero-order chi connectivity index (χ0) is 46.8. The van der Waals surface area contributed by atoms with E-state index < -0.39 is 0 Å². The molecule has 0 fully saturated rings. The van der Waals surface area contributed by atoms with E-state index in [1.54, 1.807) is 21.0 Å². The number of unbranched alkanes of at least 4 members (excludes halogenated alkanes) is 7. The van der Waals surface area contributed by atoms with E-state index in [9.17, 15) is 19.5 Å². The van der Waals surface area contributed by atoms with Gasteiger partial charge in [0.25, 0.3) is 0 Å². The Bertz CT molecular complexity index is 1370. The van der Waals surface area contributed by atoms with Crippen molar-refractivity contribution in [2.75, 3.05) is 13.7 Å². The molecule has 3 rings (SSSR count). The Kier molecular flexibility index (Phi) is 38.4. The van der Waals surface area contributed by atoms with Crippen LogP contribution in [0.2, 0.25) is 0 Å². The van der Waals surface area contributed by atoms with Crippen LogP contribution in [0.5, 0.6) is 0 Å². The summed E-state index contributed by atoms with van der Waals surface area (Å²) in [6, 6.07) is 15.5. The standard InChI is InChI=1S/C12H12O2.C12H24O.C10H14O.C10H22.C5H12O.C5H10O/c1-7(2)9-4-5-10-11(6-9)8(3)14-12(10)13;1-5-6-7-8-9-12(10(2)3)11(4)13;1-8(2)10(11)9-6-4-3-5-7-9;1-4-5-6-7-8-9-10(2)3;1-5(2)4-6-3;1-4(2)5(3)6/h4-7H,3H2,1-2H3;10,12H,5-9H2,1-4H3;3-8,10-11H,1-2H3;10H,4-9H2,1-3H3;5H,4H2,1-3H3;4H,1-3H3. The Morgan fingerprint density at radius 3 is 1.53 bits per heavy atom. The van der Waals surface area contributed by atoms with Crippen LogP contribution in [0.25, 0.3) is 5.76 Å². The van der Waals surface area contributed by atoms with Gasteiger partial charge in [0.1, 0.15) is 17.3 Å². The minimum atomic E-state index is -0.323. The van der Waals surface area contributed by atoms with Gasteiger partial charge in [-0.3, -0.25) is 9.59 Å². The Morgan fingerprint density at radius 1 is 0.650 bits per heavy atom. The summed E-state index contributed by atoms with van der Waals surface area (Å²) >= 11 is 0. The largest absolute Gasteiger partial charge is 0.423 e. The summed E-state index contributed by atoms with van der Waals surface area (Å²) in [5, 5.41) is 9.60. The molecule has 1 N–H and O–H groups in total. The van der Waals surface area contributed by atoms with Crippen LogP contribution in [0.15, 0.2) is 55.1 Å². The van der Waals surface area contributed by atoms with Crippen LogP contribution >= 0.6 is 0 Å². The van der Waals surface area contributed by atoms with Crippen molar-refractivity contribution < 1.29 is 29.0 Å². The molecule has 2 unspecified atom stereocenters. The van der Waals surface area contributed by atoms with E-state index >= 15 is 0 Å².